The molecule has 0 fully saturated rings. The summed E-state index contributed by atoms with van der Waals surface area (Å²) in [6.45, 7) is 7.53. The van der Waals surface area contributed by atoms with Crippen LogP contribution in [0.15, 0.2) is 6.20 Å². The standard InChI is InChI=1S/C13H23ClN4/c1-4-5-6-7-13(2,3)9-17-11-10(14)8-16-12(15)18-11/h8H,4-7,9H2,1-3H3,(H3,15,16,17,18). The molecule has 0 amide bonds. The Morgan fingerprint density at radius 1 is 1.39 bits per heavy atom. The number of rotatable bonds is 7. The van der Waals surface area contributed by atoms with Gasteiger partial charge in [-0.05, 0) is 11.8 Å². The average Bonchev–Trinajstić information content (AvgIpc) is 2.31. The van der Waals surface area contributed by atoms with E-state index in [0.717, 1.165) is 6.54 Å². The van der Waals surface area contributed by atoms with E-state index in [-0.39, 0.29) is 11.4 Å². The van der Waals surface area contributed by atoms with Crippen molar-refractivity contribution in [2.24, 2.45) is 5.41 Å². The predicted octanol–water partition coefficient (Wildman–Crippen LogP) is 3.73. The second-order valence-corrected chi connectivity index (χ2v) is 5.81. The van der Waals surface area contributed by atoms with Crippen molar-refractivity contribution in [1.29, 1.82) is 0 Å². The Morgan fingerprint density at radius 2 is 2.11 bits per heavy atom. The molecule has 0 aliphatic rings. The maximum Gasteiger partial charge on any atom is 0.222 e. The van der Waals surface area contributed by atoms with Crippen LogP contribution in [-0.2, 0) is 0 Å². The van der Waals surface area contributed by atoms with Crippen molar-refractivity contribution in [2.45, 2.75) is 46.5 Å². The number of nitrogen functional groups attached to an aromatic ring is 1. The third kappa shape index (κ3) is 5.08. The molecule has 0 aliphatic carbocycles. The van der Waals surface area contributed by atoms with Gasteiger partial charge in [0, 0.05) is 6.54 Å². The van der Waals surface area contributed by atoms with E-state index in [1.165, 1.54) is 31.9 Å². The van der Waals surface area contributed by atoms with Crippen LogP contribution in [0, 0.1) is 5.41 Å². The van der Waals surface area contributed by atoms with Gasteiger partial charge in [0.15, 0.2) is 0 Å². The van der Waals surface area contributed by atoms with Crippen LogP contribution in [0.3, 0.4) is 0 Å². The minimum absolute atomic E-state index is 0.220. The van der Waals surface area contributed by atoms with Gasteiger partial charge in [-0.2, -0.15) is 4.98 Å². The van der Waals surface area contributed by atoms with Gasteiger partial charge in [-0.1, -0.05) is 51.6 Å². The molecule has 0 unspecified atom stereocenters. The second-order valence-electron chi connectivity index (χ2n) is 5.40. The first-order valence-corrected chi connectivity index (χ1v) is 6.84. The van der Waals surface area contributed by atoms with E-state index in [0.29, 0.717) is 10.8 Å². The van der Waals surface area contributed by atoms with Crippen LogP contribution in [0.25, 0.3) is 0 Å². The van der Waals surface area contributed by atoms with E-state index < -0.39 is 0 Å². The molecule has 0 aromatic carbocycles. The highest BCUT2D eigenvalue weighted by atomic mass is 35.5. The van der Waals surface area contributed by atoms with E-state index in [1.807, 2.05) is 0 Å². The summed E-state index contributed by atoms with van der Waals surface area (Å²) in [4.78, 5) is 7.94. The number of nitrogens with one attached hydrogen (secondary N) is 1. The van der Waals surface area contributed by atoms with Gasteiger partial charge in [0.25, 0.3) is 0 Å². The maximum absolute atomic E-state index is 6.01. The van der Waals surface area contributed by atoms with Gasteiger partial charge in [0.05, 0.1) is 6.20 Å². The number of anilines is 2. The summed E-state index contributed by atoms with van der Waals surface area (Å²) >= 11 is 6.01. The number of nitrogens with zero attached hydrogens (tertiary/aromatic N) is 2. The lowest BCUT2D eigenvalue weighted by Gasteiger charge is -2.25. The SMILES string of the molecule is CCCCCC(C)(C)CNc1nc(N)ncc1Cl. The molecule has 1 heterocycles. The van der Waals surface area contributed by atoms with Crippen LogP contribution >= 0.6 is 11.6 Å². The molecule has 1 rings (SSSR count). The first-order chi connectivity index (χ1) is 8.44. The normalized spacial score (nSPS) is 11.6. The van der Waals surface area contributed by atoms with E-state index >= 15 is 0 Å². The molecule has 1 aromatic heterocycles. The number of aromatic nitrogens is 2. The summed E-state index contributed by atoms with van der Waals surface area (Å²) < 4.78 is 0. The topological polar surface area (TPSA) is 63.8 Å². The van der Waals surface area contributed by atoms with E-state index in [1.54, 1.807) is 0 Å². The zero-order valence-electron chi connectivity index (χ0n) is 11.5. The van der Waals surface area contributed by atoms with Crippen LogP contribution in [0.1, 0.15) is 46.5 Å². The third-order valence-corrected chi connectivity index (χ3v) is 3.23. The Bertz CT molecular complexity index is 379. The Kier molecular flexibility index (Phi) is 5.66. The summed E-state index contributed by atoms with van der Waals surface area (Å²) in [5.74, 6) is 0.860. The number of unbranched alkanes of at least 4 members (excludes halogenated alkanes) is 2. The lowest BCUT2D eigenvalue weighted by Crippen LogP contribution is -2.23. The minimum Gasteiger partial charge on any atom is -0.368 e. The number of nitrogens with two attached hydrogens (primary N) is 1. The lowest BCUT2D eigenvalue weighted by molar-refractivity contribution is 0.342. The molecule has 0 saturated heterocycles. The van der Waals surface area contributed by atoms with Crippen LogP contribution in [0.2, 0.25) is 5.02 Å². The first kappa shape index (κ1) is 15.0. The number of hydrogen-bond donors (Lipinski definition) is 2. The average molecular weight is 271 g/mol. The van der Waals surface area contributed by atoms with Gasteiger partial charge in [-0.15, -0.1) is 0 Å². The van der Waals surface area contributed by atoms with Gasteiger partial charge in [0.2, 0.25) is 5.95 Å². The highest BCUT2D eigenvalue weighted by molar-refractivity contribution is 6.32. The fourth-order valence-electron chi connectivity index (χ4n) is 1.77. The Labute approximate surface area is 114 Å². The van der Waals surface area contributed by atoms with Crippen molar-refractivity contribution < 1.29 is 0 Å². The minimum atomic E-state index is 0.220. The maximum atomic E-state index is 6.01. The molecule has 0 saturated carbocycles. The zero-order chi connectivity index (χ0) is 13.6. The first-order valence-electron chi connectivity index (χ1n) is 6.46. The molecular weight excluding hydrogens is 248 g/mol. The van der Waals surface area contributed by atoms with Crippen LogP contribution in [0.5, 0.6) is 0 Å². The van der Waals surface area contributed by atoms with Gasteiger partial charge in [-0.25, -0.2) is 4.98 Å². The quantitative estimate of drug-likeness (QED) is 0.741. The summed E-state index contributed by atoms with van der Waals surface area (Å²) in [6.07, 6.45) is 6.50. The largest absolute Gasteiger partial charge is 0.368 e. The molecule has 0 spiro atoms. The lowest BCUT2D eigenvalue weighted by atomic mass is 9.87. The van der Waals surface area contributed by atoms with Crippen molar-refractivity contribution >= 4 is 23.4 Å². The highest BCUT2D eigenvalue weighted by Crippen LogP contribution is 2.26. The molecule has 102 valence electrons. The van der Waals surface area contributed by atoms with Gasteiger partial charge >= 0.3 is 0 Å². The molecule has 1 aromatic rings. The Morgan fingerprint density at radius 3 is 2.78 bits per heavy atom. The van der Waals surface area contributed by atoms with E-state index in [4.69, 9.17) is 17.3 Å². The van der Waals surface area contributed by atoms with Gasteiger partial charge in [-0.3, -0.25) is 0 Å². The summed E-state index contributed by atoms with van der Waals surface area (Å²) in [5, 5.41) is 3.77. The molecule has 5 heteroatoms. The van der Waals surface area contributed by atoms with Crippen molar-refractivity contribution in [3.05, 3.63) is 11.2 Å². The van der Waals surface area contributed by atoms with Crippen molar-refractivity contribution in [3.63, 3.8) is 0 Å². The fraction of sp³-hybridized carbons (Fsp3) is 0.692. The molecule has 0 atom stereocenters. The van der Waals surface area contributed by atoms with Gasteiger partial charge in [0.1, 0.15) is 10.8 Å². The molecule has 0 bridgehead atoms. The molecular formula is C13H23ClN4. The van der Waals surface area contributed by atoms with Crippen LogP contribution < -0.4 is 11.1 Å². The van der Waals surface area contributed by atoms with E-state index in [9.17, 15) is 0 Å². The molecule has 0 aliphatic heterocycles. The Hall–Kier alpha value is -1.03. The smallest absolute Gasteiger partial charge is 0.222 e. The predicted molar refractivity (Wildman–Crippen MR) is 77.9 cm³/mol. The molecule has 3 N–H and O–H groups in total. The third-order valence-electron chi connectivity index (χ3n) is 2.95. The summed E-state index contributed by atoms with van der Waals surface area (Å²) in [5.41, 5.74) is 5.76. The van der Waals surface area contributed by atoms with Crippen molar-refractivity contribution in [1.82, 2.24) is 9.97 Å². The van der Waals surface area contributed by atoms with Crippen molar-refractivity contribution in [2.75, 3.05) is 17.6 Å². The summed E-state index contributed by atoms with van der Waals surface area (Å²) in [7, 11) is 0. The highest BCUT2D eigenvalue weighted by Gasteiger charge is 2.18. The van der Waals surface area contributed by atoms with E-state index in [2.05, 4.69) is 36.1 Å². The zero-order valence-corrected chi connectivity index (χ0v) is 12.2. The monoisotopic (exact) mass is 270 g/mol. The number of hydrogen-bond acceptors (Lipinski definition) is 4. The Balaban J connectivity index is 2.50. The van der Waals surface area contributed by atoms with Crippen LogP contribution in [0.4, 0.5) is 11.8 Å². The molecule has 4 nitrogen and oxygen atoms in total. The van der Waals surface area contributed by atoms with Crippen molar-refractivity contribution in [3.8, 4) is 0 Å². The summed E-state index contributed by atoms with van der Waals surface area (Å²) in [6, 6.07) is 0. The number of halogens is 1. The second kappa shape index (κ2) is 6.78. The molecule has 18 heavy (non-hydrogen) atoms. The molecule has 0 radical (unpaired) electrons. The van der Waals surface area contributed by atoms with Crippen LogP contribution in [-0.4, -0.2) is 16.5 Å². The van der Waals surface area contributed by atoms with Gasteiger partial charge < -0.3 is 11.1 Å². The fourth-order valence-corrected chi connectivity index (χ4v) is 1.93.